The third-order valence-electron chi connectivity index (χ3n) is 4.23. The minimum atomic E-state index is 0. The Hall–Kier alpha value is -1.85. The monoisotopic (exact) mass is 378 g/mol. The summed E-state index contributed by atoms with van der Waals surface area (Å²) in [5.41, 5.74) is 8.94. The number of nitrogens with zero attached hydrogens (tertiary/aromatic N) is 1. The summed E-state index contributed by atoms with van der Waals surface area (Å²) in [6.07, 6.45) is 2.44. The third kappa shape index (κ3) is 4.61. The fourth-order valence-corrected chi connectivity index (χ4v) is 3.81. The van der Waals surface area contributed by atoms with E-state index in [1.807, 2.05) is 47.4 Å². The number of nitrogens with two attached hydrogens (primary N) is 1. The van der Waals surface area contributed by atoms with Crippen molar-refractivity contribution in [2.75, 3.05) is 30.0 Å². The SMILES string of the molecule is COc1ccc(SCCC(=O)N2CCCc3c(N)cccc32)cc1.Cl. The van der Waals surface area contributed by atoms with Gasteiger partial charge in [-0.25, -0.2) is 0 Å². The van der Waals surface area contributed by atoms with E-state index in [0.29, 0.717) is 6.42 Å². The van der Waals surface area contributed by atoms with E-state index in [9.17, 15) is 4.79 Å². The van der Waals surface area contributed by atoms with Gasteiger partial charge in [0.15, 0.2) is 0 Å². The van der Waals surface area contributed by atoms with Gasteiger partial charge in [-0.15, -0.1) is 24.2 Å². The fourth-order valence-electron chi connectivity index (χ4n) is 2.97. The van der Waals surface area contributed by atoms with Crippen LogP contribution < -0.4 is 15.4 Å². The molecular weight excluding hydrogens is 356 g/mol. The molecule has 0 saturated heterocycles. The normalized spacial score (nSPS) is 12.9. The molecule has 0 spiro atoms. The van der Waals surface area contributed by atoms with Crippen molar-refractivity contribution in [2.24, 2.45) is 0 Å². The number of fused-ring (bicyclic) bond motifs is 1. The lowest BCUT2D eigenvalue weighted by Gasteiger charge is -2.30. The first-order valence-electron chi connectivity index (χ1n) is 8.13. The van der Waals surface area contributed by atoms with Crippen molar-refractivity contribution < 1.29 is 9.53 Å². The summed E-state index contributed by atoms with van der Waals surface area (Å²) in [5.74, 6) is 1.78. The summed E-state index contributed by atoms with van der Waals surface area (Å²) in [6, 6.07) is 13.7. The molecule has 4 nitrogen and oxygen atoms in total. The van der Waals surface area contributed by atoms with Gasteiger partial charge in [-0.05, 0) is 54.8 Å². The van der Waals surface area contributed by atoms with E-state index in [4.69, 9.17) is 10.5 Å². The van der Waals surface area contributed by atoms with Gasteiger partial charge in [-0.3, -0.25) is 4.79 Å². The van der Waals surface area contributed by atoms with E-state index >= 15 is 0 Å². The Balaban J connectivity index is 0.00000225. The summed E-state index contributed by atoms with van der Waals surface area (Å²) in [5, 5.41) is 0. The van der Waals surface area contributed by atoms with E-state index < -0.39 is 0 Å². The minimum absolute atomic E-state index is 0. The van der Waals surface area contributed by atoms with E-state index in [0.717, 1.165) is 52.7 Å². The lowest BCUT2D eigenvalue weighted by Crippen LogP contribution is -2.35. The minimum Gasteiger partial charge on any atom is -0.497 e. The van der Waals surface area contributed by atoms with Gasteiger partial charge in [0.2, 0.25) is 5.91 Å². The van der Waals surface area contributed by atoms with Crippen LogP contribution in [0.4, 0.5) is 11.4 Å². The molecule has 1 aliphatic rings. The molecule has 1 aliphatic heterocycles. The molecule has 1 amide bonds. The zero-order chi connectivity index (χ0) is 16.9. The van der Waals surface area contributed by atoms with Crippen LogP contribution in [0, 0.1) is 0 Å². The standard InChI is InChI=1S/C19H22N2O2S.ClH/c1-23-14-7-9-15(10-8-14)24-13-11-19(22)21-12-3-4-16-17(20)5-2-6-18(16)21;/h2,5-10H,3-4,11-13,20H2,1H3;1H. The summed E-state index contributed by atoms with van der Waals surface area (Å²) >= 11 is 1.69. The number of anilines is 2. The molecule has 25 heavy (non-hydrogen) atoms. The van der Waals surface area contributed by atoms with Crippen molar-refractivity contribution in [3.63, 3.8) is 0 Å². The number of carbonyl (C=O) groups excluding carboxylic acids is 1. The average molecular weight is 379 g/mol. The molecule has 0 unspecified atom stereocenters. The molecule has 2 aromatic rings. The average Bonchev–Trinajstić information content (AvgIpc) is 2.62. The largest absolute Gasteiger partial charge is 0.497 e. The Labute approximate surface area is 159 Å². The Morgan fingerprint density at radius 3 is 2.72 bits per heavy atom. The number of amides is 1. The number of halogens is 1. The van der Waals surface area contributed by atoms with Crippen LogP contribution in [0.15, 0.2) is 47.4 Å². The zero-order valence-electron chi connectivity index (χ0n) is 14.2. The van der Waals surface area contributed by atoms with Crippen molar-refractivity contribution in [1.82, 2.24) is 0 Å². The van der Waals surface area contributed by atoms with Gasteiger partial charge in [-0.2, -0.15) is 0 Å². The van der Waals surface area contributed by atoms with Crippen LogP contribution in [0.5, 0.6) is 5.75 Å². The van der Waals surface area contributed by atoms with E-state index in [-0.39, 0.29) is 18.3 Å². The van der Waals surface area contributed by atoms with Crippen LogP contribution in [-0.2, 0) is 11.2 Å². The predicted octanol–water partition coefficient (Wildman–Crippen LogP) is 4.16. The fraction of sp³-hybridized carbons (Fsp3) is 0.316. The van der Waals surface area contributed by atoms with Crippen LogP contribution in [0.1, 0.15) is 18.4 Å². The maximum atomic E-state index is 12.6. The molecule has 3 rings (SSSR count). The molecule has 2 aromatic carbocycles. The maximum Gasteiger partial charge on any atom is 0.227 e. The molecule has 6 heteroatoms. The first-order valence-corrected chi connectivity index (χ1v) is 9.12. The summed E-state index contributed by atoms with van der Waals surface area (Å²) in [6.45, 7) is 0.780. The van der Waals surface area contributed by atoms with Gasteiger partial charge >= 0.3 is 0 Å². The van der Waals surface area contributed by atoms with Crippen LogP contribution in [0.2, 0.25) is 0 Å². The third-order valence-corrected chi connectivity index (χ3v) is 5.25. The first-order chi connectivity index (χ1) is 11.7. The van der Waals surface area contributed by atoms with E-state index in [1.54, 1.807) is 18.9 Å². The van der Waals surface area contributed by atoms with Crippen molar-refractivity contribution in [2.45, 2.75) is 24.2 Å². The number of methoxy groups -OCH3 is 1. The molecule has 0 aliphatic carbocycles. The van der Waals surface area contributed by atoms with Gasteiger partial charge in [0.05, 0.1) is 7.11 Å². The molecule has 0 saturated carbocycles. The number of carbonyl (C=O) groups is 1. The second-order valence-corrected chi connectivity index (χ2v) is 6.94. The highest BCUT2D eigenvalue weighted by atomic mass is 35.5. The molecule has 0 aromatic heterocycles. The van der Waals surface area contributed by atoms with Crippen molar-refractivity contribution in [3.8, 4) is 5.75 Å². The van der Waals surface area contributed by atoms with Crippen molar-refractivity contribution >= 4 is 41.5 Å². The highest BCUT2D eigenvalue weighted by Crippen LogP contribution is 2.32. The molecule has 0 radical (unpaired) electrons. The highest BCUT2D eigenvalue weighted by Gasteiger charge is 2.23. The number of rotatable bonds is 5. The van der Waals surface area contributed by atoms with Gasteiger partial charge in [0.25, 0.3) is 0 Å². The lowest BCUT2D eigenvalue weighted by atomic mass is 9.99. The Morgan fingerprint density at radius 1 is 1.24 bits per heavy atom. The quantitative estimate of drug-likeness (QED) is 0.627. The number of nitrogen functional groups attached to an aromatic ring is 1. The van der Waals surface area contributed by atoms with Gasteiger partial charge in [0.1, 0.15) is 5.75 Å². The number of ether oxygens (including phenoxy) is 1. The number of thioether (sulfide) groups is 1. The second kappa shape index (κ2) is 9.02. The molecular formula is C19H23ClN2O2S. The van der Waals surface area contributed by atoms with Gasteiger partial charge in [0, 0.05) is 35.0 Å². The zero-order valence-corrected chi connectivity index (χ0v) is 15.9. The Kier molecular flexibility index (Phi) is 7.02. The Morgan fingerprint density at radius 2 is 2.00 bits per heavy atom. The second-order valence-electron chi connectivity index (χ2n) is 5.77. The molecule has 0 atom stereocenters. The molecule has 0 fully saturated rings. The van der Waals surface area contributed by atoms with E-state index in [1.165, 1.54) is 0 Å². The van der Waals surface area contributed by atoms with E-state index in [2.05, 4.69) is 0 Å². The Bertz CT molecular complexity index is 722. The highest BCUT2D eigenvalue weighted by molar-refractivity contribution is 7.99. The molecule has 0 bridgehead atoms. The smallest absolute Gasteiger partial charge is 0.227 e. The predicted molar refractivity (Wildman–Crippen MR) is 107 cm³/mol. The number of hydrogen-bond donors (Lipinski definition) is 1. The topological polar surface area (TPSA) is 55.6 Å². The van der Waals surface area contributed by atoms with Gasteiger partial charge in [-0.1, -0.05) is 6.07 Å². The molecule has 2 N–H and O–H groups in total. The van der Waals surface area contributed by atoms with Crippen LogP contribution in [0.3, 0.4) is 0 Å². The summed E-state index contributed by atoms with van der Waals surface area (Å²) in [4.78, 5) is 15.7. The number of benzene rings is 2. The summed E-state index contributed by atoms with van der Waals surface area (Å²) in [7, 11) is 1.66. The van der Waals surface area contributed by atoms with Crippen molar-refractivity contribution in [3.05, 3.63) is 48.0 Å². The van der Waals surface area contributed by atoms with Crippen LogP contribution >= 0.6 is 24.2 Å². The molecule has 134 valence electrons. The maximum absolute atomic E-state index is 12.6. The first kappa shape index (κ1) is 19.5. The lowest BCUT2D eigenvalue weighted by molar-refractivity contribution is -0.118. The van der Waals surface area contributed by atoms with Crippen LogP contribution in [0.25, 0.3) is 0 Å². The molecule has 1 heterocycles. The van der Waals surface area contributed by atoms with Gasteiger partial charge < -0.3 is 15.4 Å². The van der Waals surface area contributed by atoms with Crippen LogP contribution in [-0.4, -0.2) is 25.3 Å². The summed E-state index contributed by atoms with van der Waals surface area (Å²) < 4.78 is 5.15. The number of hydrogen-bond acceptors (Lipinski definition) is 4. The van der Waals surface area contributed by atoms with Crippen molar-refractivity contribution in [1.29, 1.82) is 0 Å².